The number of esters is 1. The zero-order valence-electron chi connectivity index (χ0n) is 10.2. The lowest BCUT2D eigenvalue weighted by Crippen LogP contribution is -2.53. The predicted octanol–water partition coefficient (Wildman–Crippen LogP) is 2.43. The van der Waals surface area contributed by atoms with E-state index in [1.807, 2.05) is 6.92 Å². The molecule has 1 aliphatic heterocycles. The van der Waals surface area contributed by atoms with Gasteiger partial charge >= 0.3 is 5.97 Å². The van der Waals surface area contributed by atoms with Crippen molar-refractivity contribution in [3.63, 3.8) is 0 Å². The van der Waals surface area contributed by atoms with Crippen LogP contribution in [0.3, 0.4) is 0 Å². The molecule has 0 aromatic carbocycles. The molecule has 2 aliphatic carbocycles. The molecule has 0 radical (unpaired) electrons. The van der Waals surface area contributed by atoms with Crippen LogP contribution in [0.2, 0.25) is 0 Å². The number of epoxide rings is 1. The van der Waals surface area contributed by atoms with Gasteiger partial charge in [0.1, 0.15) is 5.60 Å². The standard InChI is InChI=1S/C13H20O3/c1-3-12(10(14)15-2)13(16-12)9-8-11(13)6-4-5-7-11/h3-9H2,1-2H3. The third kappa shape index (κ3) is 0.885. The summed E-state index contributed by atoms with van der Waals surface area (Å²) in [5.41, 5.74) is -0.417. The van der Waals surface area contributed by atoms with Crippen LogP contribution < -0.4 is 0 Å². The van der Waals surface area contributed by atoms with Gasteiger partial charge in [-0.1, -0.05) is 19.8 Å². The van der Waals surface area contributed by atoms with Crippen LogP contribution in [0.5, 0.6) is 0 Å². The summed E-state index contributed by atoms with van der Waals surface area (Å²) in [5.74, 6) is -0.152. The van der Waals surface area contributed by atoms with Crippen molar-refractivity contribution in [2.45, 2.75) is 63.1 Å². The summed E-state index contributed by atoms with van der Waals surface area (Å²) < 4.78 is 10.9. The van der Waals surface area contributed by atoms with Gasteiger partial charge in [0.2, 0.25) is 0 Å². The minimum atomic E-state index is -0.593. The van der Waals surface area contributed by atoms with E-state index in [1.165, 1.54) is 39.2 Å². The summed E-state index contributed by atoms with van der Waals surface area (Å²) in [4.78, 5) is 11.9. The summed E-state index contributed by atoms with van der Waals surface area (Å²) >= 11 is 0. The second-order valence-corrected chi connectivity index (χ2v) is 5.59. The molecule has 2 atom stereocenters. The van der Waals surface area contributed by atoms with Crippen molar-refractivity contribution in [3.05, 3.63) is 0 Å². The summed E-state index contributed by atoms with van der Waals surface area (Å²) in [6.07, 6.45) is 8.12. The van der Waals surface area contributed by atoms with Gasteiger partial charge in [0.25, 0.3) is 0 Å². The lowest BCUT2D eigenvalue weighted by Gasteiger charge is -2.47. The molecule has 2 spiro atoms. The number of rotatable bonds is 2. The first-order chi connectivity index (χ1) is 7.66. The van der Waals surface area contributed by atoms with Gasteiger partial charge in [-0.3, -0.25) is 0 Å². The first kappa shape index (κ1) is 10.6. The van der Waals surface area contributed by atoms with Crippen molar-refractivity contribution < 1.29 is 14.3 Å². The zero-order valence-corrected chi connectivity index (χ0v) is 10.2. The Kier molecular flexibility index (Phi) is 1.99. The maximum Gasteiger partial charge on any atom is 0.341 e. The third-order valence-electron chi connectivity index (χ3n) is 5.35. The molecule has 90 valence electrons. The van der Waals surface area contributed by atoms with E-state index in [-0.39, 0.29) is 11.6 Å². The minimum Gasteiger partial charge on any atom is -0.467 e. The smallest absolute Gasteiger partial charge is 0.341 e. The Morgan fingerprint density at radius 2 is 1.94 bits per heavy atom. The molecule has 2 saturated carbocycles. The van der Waals surface area contributed by atoms with Gasteiger partial charge in [-0.15, -0.1) is 0 Å². The fourth-order valence-corrected chi connectivity index (χ4v) is 4.35. The van der Waals surface area contributed by atoms with Crippen LogP contribution in [0, 0.1) is 5.41 Å². The number of carbonyl (C=O) groups is 1. The Labute approximate surface area is 96.5 Å². The molecule has 0 N–H and O–H groups in total. The second-order valence-electron chi connectivity index (χ2n) is 5.59. The molecule has 3 aliphatic rings. The predicted molar refractivity (Wildman–Crippen MR) is 59.0 cm³/mol. The fraction of sp³-hybridized carbons (Fsp3) is 0.923. The normalized spacial score (nSPS) is 43.4. The van der Waals surface area contributed by atoms with Crippen molar-refractivity contribution >= 4 is 5.97 Å². The summed E-state index contributed by atoms with van der Waals surface area (Å²) in [7, 11) is 1.47. The summed E-state index contributed by atoms with van der Waals surface area (Å²) in [5, 5.41) is 0. The van der Waals surface area contributed by atoms with Gasteiger partial charge in [0, 0.05) is 5.41 Å². The lowest BCUT2D eigenvalue weighted by molar-refractivity contribution is -0.147. The van der Waals surface area contributed by atoms with Crippen molar-refractivity contribution in [2.75, 3.05) is 7.11 Å². The van der Waals surface area contributed by atoms with E-state index in [0.29, 0.717) is 5.41 Å². The van der Waals surface area contributed by atoms with Crippen LogP contribution in [0.4, 0.5) is 0 Å². The van der Waals surface area contributed by atoms with Crippen LogP contribution in [0.1, 0.15) is 51.9 Å². The highest BCUT2D eigenvalue weighted by Gasteiger charge is 2.85. The molecule has 3 heteroatoms. The quantitative estimate of drug-likeness (QED) is 0.534. The first-order valence-electron chi connectivity index (χ1n) is 6.45. The summed E-state index contributed by atoms with van der Waals surface area (Å²) in [6.45, 7) is 2.03. The van der Waals surface area contributed by atoms with Crippen molar-refractivity contribution in [2.24, 2.45) is 5.41 Å². The largest absolute Gasteiger partial charge is 0.467 e. The molecule has 0 aromatic heterocycles. The van der Waals surface area contributed by atoms with Gasteiger partial charge in [-0.05, 0) is 32.1 Å². The van der Waals surface area contributed by atoms with Crippen LogP contribution >= 0.6 is 0 Å². The minimum absolute atomic E-state index is 0.141. The Morgan fingerprint density at radius 3 is 2.38 bits per heavy atom. The number of carbonyl (C=O) groups excluding carboxylic acids is 1. The molecule has 0 amide bonds. The number of hydrogen-bond acceptors (Lipinski definition) is 3. The van der Waals surface area contributed by atoms with Crippen LogP contribution in [0.15, 0.2) is 0 Å². The highest BCUT2D eigenvalue weighted by Crippen LogP contribution is 2.75. The fourth-order valence-electron chi connectivity index (χ4n) is 4.35. The zero-order chi connectivity index (χ0) is 11.4. The molecular weight excluding hydrogens is 204 g/mol. The number of methoxy groups -OCH3 is 1. The van der Waals surface area contributed by atoms with Gasteiger partial charge in [-0.25, -0.2) is 4.79 Å². The van der Waals surface area contributed by atoms with Crippen molar-refractivity contribution in [1.29, 1.82) is 0 Å². The van der Waals surface area contributed by atoms with E-state index in [2.05, 4.69) is 0 Å². The molecule has 1 heterocycles. The molecule has 2 unspecified atom stereocenters. The average molecular weight is 224 g/mol. The highest BCUT2D eigenvalue weighted by molar-refractivity contribution is 5.85. The number of hydrogen-bond donors (Lipinski definition) is 0. The van der Waals surface area contributed by atoms with Crippen LogP contribution in [0.25, 0.3) is 0 Å². The third-order valence-corrected chi connectivity index (χ3v) is 5.35. The van der Waals surface area contributed by atoms with E-state index in [1.54, 1.807) is 0 Å². The number of fused-ring (bicyclic) bond motifs is 1. The Hall–Kier alpha value is -0.570. The molecule has 1 saturated heterocycles. The van der Waals surface area contributed by atoms with E-state index >= 15 is 0 Å². The SMILES string of the molecule is CCC1(C(=O)OC)OC12CCC21CCCC1. The monoisotopic (exact) mass is 224 g/mol. The van der Waals surface area contributed by atoms with Crippen molar-refractivity contribution in [3.8, 4) is 0 Å². The molecule has 3 fully saturated rings. The van der Waals surface area contributed by atoms with Gasteiger partial charge in [0.05, 0.1) is 7.11 Å². The second kappa shape index (κ2) is 3.00. The first-order valence-corrected chi connectivity index (χ1v) is 6.45. The van der Waals surface area contributed by atoms with E-state index < -0.39 is 5.60 Å². The maximum atomic E-state index is 11.9. The molecular formula is C13H20O3. The molecule has 16 heavy (non-hydrogen) atoms. The Balaban J connectivity index is 1.90. The Morgan fingerprint density at radius 1 is 1.25 bits per heavy atom. The number of ether oxygens (including phenoxy) is 2. The topological polar surface area (TPSA) is 38.8 Å². The molecule has 0 bridgehead atoms. The highest BCUT2D eigenvalue weighted by atomic mass is 16.7. The van der Waals surface area contributed by atoms with Crippen LogP contribution in [-0.2, 0) is 14.3 Å². The van der Waals surface area contributed by atoms with E-state index in [4.69, 9.17) is 9.47 Å². The average Bonchev–Trinajstić information content (AvgIpc) is 2.78. The lowest BCUT2D eigenvalue weighted by atomic mass is 9.54. The van der Waals surface area contributed by atoms with Crippen LogP contribution in [-0.4, -0.2) is 24.3 Å². The maximum absolute atomic E-state index is 11.9. The summed E-state index contributed by atoms with van der Waals surface area (Å²) in [6, 6.07) is 0. The molecule has 3 nitrogen and oxygen atoms in total. The molecule has 0 aromatic rings. The van der Waals surface area contributed by atoms with Gasteiger partial charge < -0.3 is 9.47 Å². The van der Waals surface area contributed by atoms with Crippen molar-refractivity contribution in [1.82, 2.24) is 0 Å². The van der Waals surface area contributed by atoms with Gasteiger partial charge in [0.15, 0.2) is 5.60 Å². The molecule has 3 rings (SSSR count). The van der Waals surface area contributed by atoms with E-state index in [9.17, 15) is 4.79 Å². The van der Waals surface area contributed by atoms with E-state index in [0.717, 1.165) is 12.8 Å². The van der Waals surface area contributed by atoms with Gasteiger partial charge in [-0.2, -0.15) is 0 Å². The Bertz CT molecular complexity index is 332.